The van der Waals surface area contributed by atoms with Crippen LogP contribution in [0.15, 0.2) is 12.1 Å². The Hall–Kier alpha value is -0.910. The summed E-state index contributed by atoms with van der Waals surface area (Å²) < 4.78 is 3.22. The van der Waals surface area contributed by atoms with Gasteiger partial charge in [0.05, 0.1) is 15.9 Å². The molecule has 0 spiro atoms. The van der Waals surface area contributed by atoms with Crippen molar-refractivity contribution in [1.82, 2.24) is 14.8 Å². The normalized spacial score (nSPS) is 31.3. The highest BCUT2D eigenvalue weighted by Gasteiger charge is 2.52. The van der Waals surface area contributed by atoms with Crippen LogP contribution in [0.1, 0.15) is 67.0 Å². The summed E-state index contributed by atoms with van der Waals surface area (Å²) in [6.45, 7) is 0. The Kier molecular flexibility index (Phi) is 2.80. The fourth-order valence-corrected chi connectivity index (χ4v) is 5.00. The highest BCUT2D eigenvalue weighted by atomic mass is 35.5. The van der Waals surface area contributed by atoms with Gasteiger partial charge in [-0.2, -0.15) is 0 Å². The van der Waals surface area contributed by atoms with Gasteiger partial charge < -0.3 is 9.67 Å². The monoisotopic (exact) mass is 335 g/mol. The molecule has 2 aromatic rings. The minimum Gasteiger partial charge on any atom is -0.393 e. The van der Waals surface area contributed by atoms with Gasteiger partial charge in [-0.15, -0.1) is 21.5 Å². The smallest absolute Gasteiger partial charge is 0.145 e. The first kappa shape index (κ1) is 13.5. The third-order valence-electron chi connectivity index (χ3n) is 5.22. The van der Waals surface area contributed by atoms with Crippen LogP contribution in [0.2, 0.25) is 4.34 Å². The number of aliphatic hydroxyl groups excluding tert-OH is 1. The van der Waals surface area contributed by atoms with Gasteiger partial charge in [0, 0.05) is 16.8 Å². The Morgan fingerprint density at radius 3 is 2.50 bits per heavy atom. The van der Waals surface area contributed by atoms with Crippen LogP contribution in [-0.2, 0) is 5.41 Å². The fraction of sp³-hybridized carbons (Fsp3) is 0.625. The zero-order chi connectivity index (χ0) is 14.9. The van der Waals surface area contributed by atoms with Crippen molar-refractivity contribution in [2.45, 2.75) is 62.0 Å². The molecule has 0 bridgehead atoms. The third-order valence-corrected chi connectivity index (χ3v) is 6.65. The number of rotatable bonds is 4. The topological polar surface area (TPSA) is 50.9 Å². The van der Waals surface area contributed by atoms with Crippen LogP contribution in [0.4, 0.5) is 0 Å². The van der Waals surface area contributed by atoms with Crippen molar-refractivity contribution in [1.29, 1.82) is 0 Å². The van der Waals surface area contributed by atoms with Gasteiger partial charge in [-0.05, 0) is 50.7 Å². The fourth-order valence-electron chi connectivity index (χ4n) is 3.75. The maximum Gasteiger partial charge on any atom is 0.145 e. The SMILES string of the molecule is OC1CC(c2ccc(Cl)s2)(c2nnc(C3CC3)n2C2CC2)C1. The Labute approximate surface area is 138 Å². The van der Waals surface area contributed by atoms with E-state index in [4.69, 9.17) is 11.6 Å². The zero-order valence-electron chi connectivity index (χ0n) is 12.2. The van der Waals surface area contributed by atoms with Crippen molar-refractivity contribution in [3.8, 4) is 0 Å². The Bertz CT molecular complexity index is 726. The second-order valence-electron chi connectivity index (χ2n) is 7.01. The van der Waals surface area contributed by atoms with Crippen molar-refractivity contribution < 1.29 is 5.11 Å². The summed E-state index contributed by atoms with van der Waals surface area (Å²) in [4.78, 5) is 1.22. The molecule has 1 N–H and O–H groups in total. The van der Waals surface area contributed by atoms with Crippen molar-refractivity contribution >= 4 is 22.9 Å². The van der Waals surface area contributed by atoms with Gasteiger partial charge in [-0.25, -0.2) is 0 Å². The molecule has 2 heterocycles. The van der Waals surface area contributed by atoms with E-state index in [-0.39, 0.29) is 11.5 Å². The summed E-state index contributed by atoms with van der Waals surface area (Å²) in [5.41, 5.74) is -0.181. The molecule has 0 aliphatic heterocycles. The highest BCUT2D eigenvalue weighted by Crippen LogP contribution is 2.54. The molecule has 3 fully saturated rings. The average molecular weight is 336 g/mol. The third kappa shape index (κ3) is 1.92. The first-order chi connectivity index (χ1) is 10.7. The molecule has 3 saturated carbocycles. The van der Waals surface area contributed by atoms with E-state index < -0.39 is 0 Å². The number of halogens is 1. The van der Waals surface area contributed by atoms with Crippen molar-refractivity contribution in [2.75, 3.05) is 0 Å². The standard InChI is InChI=1S/C16H18ClN3OS/c17-13-6-5-12(22-13)16(7-11(21)8-16)15-19-18-14(9-1-2-9)20(15)10-3-4-10/h5-6,9-11,21H,1-4,7-8H2. The zero-order valence-corrected chi connectivity index (χ0v) is 13.8. The van der Waals surface area contributed by atoms with Gasteiger partial charge in [0.25, 0.3) is 0 Å². The van der Waals surface area contributed by atoms with Crippen LogP contribution in [-0.4, -0.2) is 26.0 Å². The molecule has 0 amide bonds. The summed E-state index contributed by atoms with van der Waals surface area (Å²) >= 11 is 7.78. The van der Waals surface area contributed by atoms with Crippen LogP contribution >= 0.6 is 22.9 Å². The molecule has 5 rings (SSSR count). The van der Waals surface area contributed by atoms with Gasteiger partial charge in [0.2, 0.25) is 0 Å². The first-order valence-electron chi connectivity index (χ1n) is 8.06. The van der Waals surface area contributed by atoms with Gasteiger partial charge in [0.1, 0.15) is 11.6 Å². The van der Waals surface area contributed by atoms with Gasteiger partial charge in [0.15, 0.2) is 0 Å². The summed E-state index contributed by atoms with van der Waals surface area (Å²) in [5.74, 6) is 2.86. The molecule has 4 nitrogen and oxygen atoms in total. The van der Waals surface area contributed by atoms with Gasteiger partial charge >= 0.3 is 0 Å². The quantitative estimate of drug-likeness (QED) is 0.928. The number of hydrogen-bond donors (Lipinski definition) is 1. The molecule has 0 saturated heterocycles. The summed E-state index contributed by atoms with van der Waals surface area (Å²) in [6.07, 6.45) is 6.17. The molecular formula is C16H18ClN3OS. The van der Waals surface area contributed by atoms with E-state index in [2.05, 4.69) is 20.8 Å². The number of nitrogens with zero attached hydrogens (tertiary/aromatic N) is 3. The van der Waals surface area contributed by atoms with Crippen LogP contribution in [0.5, 0.6) is 0 Å². The largest absolute Gasteiger partial charge is 0.393 e. The van der Waals surface area contributed by atoms with Gasteiger partial charge in [-0.1, -0.05) is 11.6 Å². The lowest BCUT2D eigenvalue weighted by Crippen LogP contribution is -2.47. The van der Waals surface area contributed by atoms with Gasteiger partial charge in [-0.3, -0.25) is 0 Å². The van der Waals surface area contributed by atoms with Crippen LogP contribution in [0.25, 0.3) is 0 Å². The van der Waals surface area contributed by atoms with Crippen LogP contribution < -0.4 is 0 Å². The number of aliphatic hydroxyl groups is 1. The predicted molar refractivity (Wildman–Crippen MR) is 85.6 cm³/mol. The van der Waals surface area contributed by atoms with E-state index in [0.717, 1.165) is 23.0 Å². The molecule has 6 heteroatoms. The molecule has 2 aromatic heterocycles. The predicted octanol–water partition coefficient (Wildman–Crippen LogP) is 3.65. The lowest BCUT2D eigenvalue weighted by Gasteiger charge is -2.44. The second-order valence-corrected chi connectivity index (χ2v) is 8.72. The van der Waals surface area contributed by atoms with E-state index in [1.807, 2.05) is 6.07 Å². The van der Waals surface area contributed by atoms with E-state index >= 15 is 0 Å². The van der Waals surface area contributed by atoms with Crippen LogP contribution in [0, 0.1) is 0 Å². The number of hydrogen-bond acceptors (Lipinski definition) is 4. The highest BCUT2D eigenvalue weighted by molar-refractivity contribution is 7.16. The Balaban J connectivity index is 1.64. The minimum atomic E-state index is -0.241. The van der Waals surface area contributed by atoms with E-state index in [0.29, 0.717) is 12.0 Å². The summed E-state index contributed by atoms with van der Waals surface area (Å²) in [5, 5.41) is 19.2. The van der Waals surface area contributed by atoms with E-state index in [9.17, 15) is 5.11 Å². The lowest BCUT2D eigenvalue weighted by molar-refractivity contribution is 0.0334. The first-order valence-corrected chi connectivity index (χ1v) is 9.26. The molecule has 116 valence electrons. The van der Waals surface area contributed by atoms with E-state index in [1.165, 1.54) is 36.4 Å². The average Bonchev–Trinajstić information content (AvgIpc) is 3.39. The minimum absolute atomic E-state index is 0.181. The lowest BCUT2D eigenvalue weighted by atomic mass is 9.65. The summed E-state index contributed by atoms with van der Waals surface area (Å²) in [7, 11) is 0. The molecule has 3 aliphatic rings. The summed E-state index contributed by atoms with van der Waals surface area (Å²) in [6, 6.07) is 4.63. The Morgan fingerprint density at radius 1 is 1.18 bits per heavy atom. The molecule has 3 aliphatic carbocycles. The van der Waals surface area contributed by atoms with Crippen molar-refractivity contribution in [2.24, 2.45) is 0 Å². The molecule has 0 unspecified atom stereocenters. The number of thiophene rings is 1. The Morgan fingerprint density at radius 2 is 1.95 bits per heavy atom. The van der Waals surface area contributed by atoms with Crippen molar-refractivity contribution in [3.05, 3.63) is 33.0 Å². The molecule has 0 aromatic carbocycles. The molecule has 0 atom stereocenters. The van der Waals surface area contributed by atoms with Crippen LogP contribution in [0.3, 0.4) is 0 Å². The van der Waals surface area contributed by atoms with E-state index in [1.54, 1.807) is 11.3 Å². The van der Waals surface area contributed by atoms with Crippen molar-refractivity contribution in [3.63, 3.8) is 0 Å². The molecular weight excluding hydrogens is 318 g/mol. The molecule has 22 heavy (non-hydrogen) atoms. The molecule has 0 radical (unpaired) electrons. The maximum atomic E-state index is 10.0. The number of aromatic nitrogens is 3. The second kappa shape index (κ2) is 4.56. The maximum absolute atomic E-state index is 10.0.